The Morgan fingerprint density at radius 2 is 2.00 bits per heavy atom. The first kappa shape index (κ1) is 12.3. The van der Waals surface area contributed by atoms with E-state index in [4.69, 9.17) is 9.47 Å². The average molecular weight is 259 g/mol. The summed E-state index contributed by atoms with van der Waals surface area (Å²) in [4.78, 5) is 4.45. The van der Waals surface area contributed by atoms with E-state index in [9.17, 15) is 0 Å². The SMILES string of the molecule is CC(C)n1cc(-c2ccc(C3OCCO3)cn2)cn1. The molecule has 0 radical (unpaired) electrons. The summed E-state index contributed by atoms with van der Waals surface area (Å²) in [6, 6.07) is 4.32. The molecular formula is C14H17N3O2. The summed E-state index contributed by atoms with van der Waals surface area (Å²) in [5.41, 5.74) is 2.89. The fourth-order valence-corrected chi connectivity index (χ4v) is 2.02. The molecule has 1 aliphatic heterocycles. The second kappa shape index (κ2) is 5.11. The topological polar surface area (TPSA) is 49.2 Å². The Morgan fingerprint density at radius 3 is 2.58 bits per heavy atom. The highest BCUT2D eigenvalue weighted by Crippen LogP contribution is 2.24. The largest absolute Gasteiger partial charge is 0.346 e. The van der Waals surface area contributed by atoms with Crippen LogP contribution in [0.15, 0.2) is 30.7 Å². The van der Waals surface area contributed by atoms with E-state index in [1.54, 1.807) is 6.20 Å². The van der Waals surface area contributed by atoms with Crippen molar-refractivity contribution in [2.24, 2.45) is 0 Å². The third-order valence-electron chi connectivity index (χ3n) is 3.11. The number of rotatable bonds is 3. The van der Waals surface area contributed by atoms with Gasteiger partial charge in [0.2, 0.25) is 0 Å². The first-order valence-corrected chi connectivity index (χ1v) is 6.48. The Labute approximate surface area is 112 Å². The van der Waals surface area contributed by atoms with E-state index in [2.05, 4.69) is 23.9 Å². The standard InChI is InChI=1S/C14H17N3O2/c1-10(2)17-9-12(8-16-17)13-4-3-11(7-15-13)14-18-5-6-19-14/h3-4,7-10,14H,5-6H2,1-2H3. The molecule has 100 valence electrons. The Balaban J connectivity index is 1.81. The van der Waals surface area contributed by atoms with Crippen LogP contribution in [-0.2, 0) is 9.47 Å². The molecule has 0 N–H and O–H groups in total. The minimum Gasteiger partial charge on any atom is -0.346 e. The van der Waals surface area contributed by atoms with Gasteiger partial charge in [0.1, 0.15) is 0 Å². The highest BCUT2D eigenvalue weighted by molar-refractivity contribution is 5.56. The molecule has 1 fully saturated rings. The van der Waals surface area contributed by atoms with Gasteiger partial charge in [-0.2, -0.15) is 5.10 Å². The van der Waals surface area contributed by atoms with Gasteiger partial charge in [0.05, 0.1) is 25.1 Å². The summed E-state index contributed by atoms with van der Waals surface area (Å²) in [6.07, 6.45) is 5.39. The molecule has 19 heavy (non-hydrogen) atoms. The van der Waals surface area contributed by atoms with Crippen molar-refractivity contribution in [1.82, 2.24) is 14.8 Å². The van der Waals surface area contributed by atoms with Crippen molar-refractivity contribution in [3.63, 3.8) is 0 Å². The average Bonchev–Trinajstić information content (AvgIpc) is 3.11. The van der Waals surface area contributed by atoms with Crippen LogP contribution in [0.1, 0.15) is 31.7 Å². The smallest absolute Gasteiger partial charge is 0.185 e. The van der Waals surface area contributed by atoms with Crippen molar-refractivity contribution in [3.05, 3.63) is 36.3 Å². The molecule has 2 aromatic heterocycles. The Morgan fingerprint density at radius 1 is 1.21 bits per heavy atom. The number of pyridine rings is 1. The number of ether oxygens (including phenoxy) is 2. The van der Waals surface area contributed by atoms with Gasteiger partial charge in [0.15, 0.2) is 6.29 Å². The summed E-state index contributed by atoms with van der Waals surface area (Å²) < 4.78 is 12.8. The van der Waals surface area contributed by atoms with Crippen LogP contribution < -0.4 is 0 Å². The highest BCUT2D eigenvalue weighted by atomic mass is 16.7. The lowest BCUT2D eigenvalue weighted by molar-refractivity contribution is -0.0443. The first-order valence-electron chi connectivity index (χ1n) is 6.48. The maximum absolute atomic E-state index is 5.44. The monoisotopic (exact) mass is 259 g/mol. The summed E-state index contributed by atoms with van der Waals surface area (Å²) in [6.45, 7) is 5.49. The van der Waals surface area contributed by atoms with Crippen LogP contribution in [0.5, 0.6) is 0 Å². The second-order valence-electron chi connectivity index (χ2n) is 4.85. The fraction of sp³-hybridized carbons (Fsp3) is 0.429. The molecule has 0 aromatic carbocycles. The zero-order chi connectivity index (χ0) is 13.2. The van der Waals surface area contributed by atoms with Crippen LogP contribution in [-0.4, -0.2) is 28.0 Å². The Kier molecular flexibility index (Phi) is 3.31. The summed E-state index contributed by atoms with van der Waals surface area (Å²) >= 11 is 0. The molecule has 1 saturated heterocycles. The van der Waals surface area contributed by atoms with Gasteiger partial charge in [0.25, 0.3) is 0 Å². The van der Waals surface area contributed by atoms with E-state index in [-0.39, 0.29) is 6.29 Å². The molecule has 3 rings (SSSR count). The summed E-state index contributed by atoms with van der Waals surface area (Å²) in [5, 5.41) is 4.32. The Bertz CT molecular complexity index is 542. The highest BCUT2D eigenvalue weighted by Gasteiger charge is 2.18. The molecule has 2 aromatic rings. The number of hydrogen-bond donors (Lipinski definition) is 0. The first-order chi connectivity index (χ1) is 9.24. The minimum atomic E-state index is -0.264. The molecule has 5 nitrogen and oxygen atoms in total. The van der Waals surface area contributed by atoms with Crippen LogP contribution in [0, 0.1) is 0 Å². The van der Waals surface area contributed by atoms with Gasteiger partial charge in [-0.3, -0.25) is 9.67 Å². The zero-order valence-electron chi connectivity index (χ0n) is 11.1. The van der Waals surface area contributed by atoms with E-state index in [0.29, 0.717) is 19.3 Å². The summed E-state index contributed by atoms with van der Waals surface area (Å²) in [5.74, 6) is 0. The quantitative estimate of drug-likeness (QED) is 0.850. The predicted octanol–water partition coefficient (Wildman–Crippen LogP) is 2.57. The number of nitrogens with zero attached hydrogens (tertiary/aromatic N) is 3. The van der Waals surface area contributed by atoms with Crippen LogP contribution in [0.3, 0.4) is 0 Å². The lowest BCUT2D eigenvalue weighted by atomic mass is 10.2. The van der Waals surface area contributed by atoms with Crippen molar-refractivity contribution in [2.45, 2.75) is 26.2 Å². The van der Waals surface area contributed by atoms with Crippen LogP contribution in [0.4, 0.5) is 0 Å². The lowest BCUT2D eigenvalue weighted by Gasteiger charge is -2.08. The normalized spacial score (nSPS) is 16.4. The molecular weight excluding hydrogens is 242 g/mol. The van der Waals surface area contributed by atoms with E-state index < -0.39 is 0 Å². The summed E-state index contributed by atoms with van der Waals surface area (Å²) in [7, 11) is 0. The maximum atomic E-state index is 5.44. The molecule has 0 aliphatic carbocycles. The molecule has 0 spiro atoms. The molecule has 1 aliphatic rings. The van der Waals surface area contributed by atoms with Gasteiger partial charge in [-0.15, -0.1) is 0 Å². The fourth-order valence-electron chi connectivity index (χ4n) is 2.02. The third-order valence-corrected chi connectivity index (χ3v) is 3.11. The van der Waals surface area contributed by atoms with Crippen LogP contribution in [0.2, 0.25) is 0 Å². The molecule has 5 heteroatoms. The van der Waals surface area contributed by atoms with Crippen molar-refractivity contribution in [2.75, 3.05) is 13.2 Å². The maximum Gasteiger partial charge on any atom is 0.185 e. The number of aromatic nitrogens is 3. The van der Waals surface area contributed by atoms with Gasteiger partial charge < -0.3 is 9.47 Å². The molecule has 0 atom stereocenters. The molecule has 0 bridgehead atoms. The van der Waals surface area contributed by atoms with Gasteiger partial charge in [0, 0.05) is 29.6 Å². The van der Waals surface area contributed by atoms with E-state index in [1.165, 1.54) is 0 Å². The van der Waals surface area contributed by atoms with Gasteiger partial charge in [-0.05, 0) is 19.9 Å². The van der Waals surface area contributed by atoms with Crippen molar-refractivity contribution < 1.29 is 9.47 Å². The molecule has 0 saturated carbocycles. The van der Waals surface area contributed by atoms with Gasteiger partial charge in [-0.25, -0.2) is 0 Å². The van der Waals surface area contributed by atoms with E-state index in [1.807, 2.05) is 29.2 Å². The predicted molar refractivity (Wildman–Crippen MR) is 70.5 cm³/mol. The minimum absolute atomic E-state index is 0.264. The number of hydrogen-bond acceptors (Lipinski definition) is 4. The van der Waals surface area contributed by atoms with Crippen molar-refractivity contribution in [1.29, 1.82) is 0 Å². The van der Waals surface area contributed by atoms with Crippen LogP contribution in [0.25, 0.3) is 11.3 Å². The van der Waals surface area contributed by atoms with Crippen LogP contribution >= 0.6 is 0 Å². The Hall–Kier alpha value is -1.72. The molecule has 0 unspecified atom stereocenters. The van der Waals surface area contributed by atoms with Crippen molar-refractivity contribution in [3.8, 4) is 11.3 Å². The van der Waals surface area contributed by atoms with E-state index in [0.717, 1.165) is 16.8 Å². The van der Waals surface area contributed by atoms with Gasteiger partial charge in [-0.1, -0.05) is 6.07 Å². The van der Waals surface area contributed by atoms with Crippen molar-refractivity contribution >= 4 is 0 Å². The third kappa shape index (κ3) is 2.52. The van der Waals surface area contributed by atoms with E-state index >= 15 is 0 Å². The zero-order valence-corrected chi connectivity index (χ0v) is 11.1. The molecule has 3 heterocycles. The lowest BCUT2D eigenvalue weighted by Crippen LogP contribution is -2.00. The van der Waals surface area contributed by atoms with Gasteiger partial charge >= 0.3 is 0 Å². The molecule has 0 amide bonds. The second-order valence-corrected chi connectivity index (χ2v) is 4.85.